The molecule has 0 spiro atoms. The van der Waals surface area contributed by atoms with Gasteiger partial charge in [0.2, 0.25) is 0 Å². The summed E-state index contributed by atoms with van der Waals surface area (Å²) in [6.07, 6.45) is 0. The molecule has 2 heterocycles. The van der Waals surface area contributed by atoms with Crippen LogP contribution in [0.4, 0.5) is 0 Å². The molecular formula is C34H31BN2O2. The van der Waals surface area contributed by atoms with Crippen molar-refractivity contribution in [1.29, 1.82) is 0 Å². The number of hydrogen-bond acceptors (Lipinski definition) is 4. The van der Waals surface area contributed by atoms with E-state index < -0.39 is 18.3 Å². The van der Waals surface area contributed by atoms with Crippen LogP contribution in [0.3, 0.4) is 0 Å². The molecule has 0 bridgehead atoms. The Bertz CT molecular complexity index is 1580. The van der Waals surface area contributed by atoms with E-state index in [9.17, 15) is 0 Å². The fraction of sp³-hybridized carbons (Fsp3) is 0.176. The predicted molar refractivity (Wildman–Crippen MR) is 159 cm³/mol. The van der Waals surface area contributed by atoms with Gasteiger partial charge in [0.15, 0.2) is 5.82 Å². The minimum atomic E-state index is -0.491. The summed E-state index contributed by atoms with van der Waals surface area (Å²) < 4.78 is 12.9. The zero-order valence-electron chi connectivity index (χ0n) is 22.8. The number of rotatable bonds is 5. The van der Waals surface area contributed by atoms with Crippen molar-refractivity contribution >= 4 is 12.6 Å². The van der Waals surface area contributed by atoms with E-state index in [-0.39, 0.29) is 0 Å². The Labute approximate surface area is 230 Å². The number of benzene rings is 4. The van der Waals surface area contributed by atoms with Crippen LogP contribution in [-0.4, -0.2) is 28.3 Å². The second kappa shape index (κ2) is 9.92. The van der Waals surface area contributed by atoms with E-state index in [2.05, 4.69) is 94.4 Å². The molecule has 192 valence electrons. The zero-order valence-corrected chi connectivity index (χ0v) is 22.8. The van der Waals surface area contributed by atoms with Crippen LogP contribution in [0, 0.1) is 0 Å². The second-order valence-corrected chi connectivity index (χ2v) is 10.9. The average molecular weight is 510 g/mol. The van der Waals surface area contributed by atoms with E-state index in [4.69, 9.17) is 19.3 Å². The minimum Gasteiger partial charge on any atom is -0.399 e. The number of nitrogens with zero attached hydrogens (tertiary/aromatic N) is 2. The second-order valence-electron chi connectivity index (χ2n) is 10.9. The van der Waals surface area contributed by atoms with Crippen molar-refractivity contribution < 1.29 is 9.31 Å². The Morgan fingerprint density at radius 3 is 1.64 bits per heavy atom. The molecule has 0 saturated carbocycles. The first-order chi connectivity index (χ1) is 18.8. The van der Waals surface area contributed by atoms with Crippen LogP contribution in [0.25, 0.3) is 45.0 Å². The summed E-state index contributed by atoms with van der Waals surface area (Å²) in [7, 11) is -0.491. The average Bonchev–Trinajstić information content (AvgIpc) is 3.20. The van der Waals surface area contributed by atoms with Gasteiger partial charge in [0, 0.05) is 16.7 Å². The summed E-state index contributed by atoms with van der Waals surface area (Å²) in [5, 5.41) is 0. The van der Waals surface area contributed by atoms with Gasteiger partial charge in [-0.3, -0.25) is 0 Å². The lowest BCUT2D eigenvalue weighted by atomic mass is 9.75. The summed E-state index contributed by atoms with van der Waals surface area (Å²) in [6.45, 7) is 8.30. The van der Waals surface area contributed by atoms with Gasteiger partial charge in [0.05, 0.1) is 22.6 Å². The largest absolute Gasteiger partial charge is 0.495 e. The van der Waals surface area contributed by atoms with E-state index in [1.165, 1.54) is 11.1 Å². The lowest BCUT2D eigenvalue weighted by molar-refractivity contribution is 0.00578. The Hall–Kier alpha value is -4.06. The highest BCUT2D eigenvalue weighted by Gasteiger charge is 2.52. The molecule has 1 aromatic heterocycles. The van der Waals surface area contributed by atoms with Crippen molar-refractivity contribution in [3.05, 3.63) is 115 Å². The van der Waals surface area contributed by atoms with Gasteiger partial charge < -0.3 is 9.31 Å². The van der Waals surface area contributed by atoms with Crippen LogP contribution in [0.15, 0.2) is 115 Å². The van der Waals surface area contributed by atoms with Gasteiger partial charge in [-0.25, -0.2) is 9.97 Å². The molecule has 0 amide bonds. The first-order valence-electron chi connectivity index (χ1n) is 13.4. The van der Waals surface area contributed by atoms with Crippen molar-refractivity contribution in [2.45, 2.75) is 38.9 Å². The van der Waals surface area contributed by atoms with E-state index in [0.717, 1.165) is 33.5 Å². The van der Waals surface area contributed by atoms with Crippen molar-refractivity contribution in [3.8, 4) is 45.0 Å². The summed E-state index contributed by atoms with van der Waals surface area (Å²) in [5.74, 6) is 0.680. The summed E-state index contributed by atoms with van der Waals surface area (Å²) in [5.41, 5.74) is 7.11. The highest BCUT2D eigenvalue weighted by molar-refractivity contribution is 6.63. The van der Waals surface area contributed by atoms with Gasteiger partial charge in [0.1, 0.15) is 0 Å². The summed E-state index contributed by atoms with van der Waals surface area (Å²) in [6, 6.07) is 39.3. The molecule has 5 heteroatoms. The van der Waals surface area contributed by atoms with Crippen LogP contribution in [0.2, 0.25) is 0 Å². The van der Waals surface area contributed by atoms with Crippen LogP contribution in [-0.2, 0) is 9.31 Å². The Kier molecular flexibility index (Phi) is 6.42. The molecular weight excluding hydrogens is 479 g/mol. The van der Waals surface area contributed by atoms with Crippen molar-refractivity contribution in [2.75, 3.05) is 0 Å². The lowest BCUT2D eigenvalue weighted by Gasteiger charge is -2.32. The molecule has 0 N–H and O–H groups in total. The quantitative estimate of drug-likeness (QED) is 0.231. The maximum atomic E-state index is 6.43. The number of hydrogen-bond donors (Lipinski definition) is 0. The SMILES string of the molecule is CC1(C)OB(c2ccccc2-c2cc(-c3ccc(-c4ccccc4)cc3)nc(-c3ccccc3)n2)OC1(C)C. The lowest BCUT2D eigenvalue weighted by Crippen LogP contribution is -2.41. The molecule has 0 aliphatic carbocycles. The molecule has 1 aliphatic rings. The van der Waals surface area contributed by atoms with Gasteiger partial charge in [0.25, 0.3) is 0 Å². The normalized spacial score (nSPS) is 15.8. The molecule has 1 saturated heterocycles. The smallest absolute Gasteiger partial charge is 0.399 e. The third kappa shape index (κ3) is 4.92. The predicted octanol–water partition coefficient (Wildman–Crippen LogP) is 7.44. The summed E-state index contributed by atoms with van der Waals surface area (Å²) >= 11 is 0. The van der Waals surface area contributed by atoms with Gasteiger partial charge in [-0.1, -0.05) is 109 Å². The van der Waals surface area contributed by atoms with Crippen molar-refractivity contribution in [2.24, 2.45) is 0 Å². The van der Waals surface area contributed by atoms with Gasteiger partial charge in [-0.2, -0.15) is 0 Å². The molecule has 1 aliphatic heterocycles. The molecule has 6 rings (SSSR count). The Morgan fingerprint density at radius 1 is 0.513 bits per heavy atom. The molecule has 0 radical (unpaired) electrons. The maximum absolute atomic E-state index is 6.43. The van der Waals surface area contributed by atoms with Gasteiger partial charge >= 0.3 is 7.12 Å². The van der Waals surface area contributed by atoms with Crippen LogP contribution in [0.5, 0.6) is 0 Å². The first kappa shape index (κ1) is 25.2. The first-order valence-corrected chi connectivity index (χ1v) is 13.4. The van der Waals surface area contributed by atoms with Crippen LogP contribution < -0.4 is 5.46 Å². The van der Waals surface area contributed by atoms with E-state index >= 15 is 0 Å². The molecule has 5 aromatic rings. The zero-order chi connectivity index (χ0) is 27.0. The monoisotopic (exact) mass is 510 g/mol. The molecule has 0 atom stereocenters. The van der Waals surface area contributed by atoms with E-state index in [1.54, 1.807) is 0 Å². The topological polar surface area (TPSA) is 44.2 Å². The van der Waals surface area contributed by atoms with Crippen molar-refractivity contribution in [3.63, 3.8) is 0 Å². The van der Waals surface area contributed by atoms with Crippen LogP contribution in [0.1, 0.15) is 27.7 Å². The highest BCUT2D eigenvalue weighted by Crippen LogP contribution is 2.37. The third-order valence-electron chi connectivity index (χ3n) is 7.79. The molecule has 4 aromatic carbocycles. The summed E-state index contributed by atoms with van der Waals surface area (Å²) in [4.78, 5) is 10.0. The highest BCUT2D eigenvalue weighted by atomic mass is 16.7. The Balaban J connectivity index is 1.46. The molecule has 39 heavy (non-hydrogen) atoms. The van der Waals surface area contributed by atoms with Crippen molar-refractivity contribution in [1.82, 2.24) is 9.97 Å². The standard InChI is InChI=1S/C34H31BN2O2/c1-33(2)34(3,4)39-35(38-33)29-18-12-11-17-28(29)31-23-30(36-32(37-31)27-15-9-6-10-16-27)26-21-19-25(20-22-26)24-13-7-5-8-14-24/h5-23H,1-4H3. The molecule has 4 nitrogen and oxygen atoms in total. The van der Waals surface area contributed by atoms with Gasteiger partial charge in [-0.15, -0.1) is 0 Å². The van der Waals surface area contributed by atoms with E-state index in [1.807, 2.05) is 48.5 Å². The fourth-order valence-electron chi connectivity index (χ4n) is 4.82. The van der Waals surface area contributed by atoms with Gasteiger partial charge in [-0.05, 0) is 50.4 Å². The Morgan fingerprint density at radius 2 is 1.00 bits per heavy atom. The maximum Gasteiger partial charge on any atom is 0.495 e. The van der Waals surface area contributed by atoms with E-state index in [0.29, 0.717) is 5.82 Å². The molecule has 1 fully saturated rings. The third-order valence-corrected chi connectivity index (χ3v) is 7.79. The molecule has 0 unspecified atom stereocenters. The van der Waals surface area contributed by atoms with Crippen LogP contribution >= 0.6 is 0 Å². The number of aromatic nitrogens is 2. The fourth-order valence-corrected chi connectivity index (χ4v) is 4.82. The minimum absolute atomic E-state index is 0.433.